The van der Waals surface area contributed by atoms with Gasteiger partial charge in [0.15, 0.2) is 0 Å². The average Bonchev–Trinajstić information content (AvgIpc) is 3.10. The molecule has 1 unspecified atom stereocenters. The van der Waals surface area contributed by atoms with Crippen LogP contribution >= 0.6 is 12.4 Å². The second kappa shape index (κ2) is 9.49. The van der Waals surface area contributed by atoms with Crippen molar-refractivity contribution in [1.82, 2.24) is 20.4 Å². The smallest absolute Gasteiger partial charge is 0.387 e. The number of nitrogens with one attached hydrogen (secondary N) is 2. The van der Waals surface area contributed by atoms with Gasteiger partial charge in [-0.05, 0) is 43.1 Å². The zero-order chi connectivity index (χ0) is 17.6. The van der Waals surface area contributed by atoms with Crippen LogP contribution in [0.1, 0.15) is 34.9 Å². The molecular weight excluding hydrogens is 366 g/mol. The van der Waals surface area contributed by atoms with E-state index in [-0.39, 0.29) is 36.7 Å². The van der Waals surface area contributed by atoms with E-state index in [1.54, 1.807) is 18.2 Å². The van der Waals surface area contributed by atoms with Crippen molar-refractivity contribution >= 4 is 18.3 Å². The third kappa shape index (κ3) is 5.40. The molecule has 0 bridgehead atoms. The van der Waals surface area contributed by atoms with Gasteiger partial charge in [0.25, 0.3) is 5.91 Å². The minimum absolute atomic E-state index is 0. The molecule has 0 spiro atoms. The van der Waals surface area contributed by atoms with E-state index >= 15 is 0 Å². The Balaban J connectivity index is 0.00000243. The first-order valence-electron chi connectivity index (χ1n) is 8.19. The van der Waals surface area contributed by atoms with Crippen LogP contribution in [-0.2, 0) is 6.54 Å². The molecule has 1 aliphatic heterocycles. The van der Waals surface area contributed by atoms with Crippen molar-refractivity contribution in [3.05, 3.63) is 47.8 Å². The summed E-state index contributed by atoms with van der Waals surface area (Å²) in [7, 11) is 0. The topological polar surface area (TPSA) is 68.2 Å². The highest BCUT2D eigenvalue weighted by Gasteiger charge is 2.17. The predicted octanol–water partition coefficient (Wildman–Crippen LogP) is 2.76. The molecule has 1 saturated heterocycles. The lowest BCUT2D eigenvalue weighted by molar-refractivity contribution is -0.0498. The van der Waals surface area contributed by atoms with Gasteiger partial charge in [-0.25, -0.2) is 0 Å². The number of piperidine rings is 1. The summed E-state index contributed by atoms with van der Waals surface area (Å²) in [6.45, 7) is -0.806. The van der Waals surface area contributed by atoms with Crippen molar-refractivity contribution in [3.63, 3.8) is 0 Å². The van der Waals surface area contributed by atoms with Crippen LogP contribution in [0.25, 0.3) is 0 Å². The van der Waals surface area contributed by atoms with E-state index in [4.69, 9.17) is 0 Å². The van der Waals surface area contributed by atoms with Gasteiger partial charge in [0.1, 0.15) is 11.4 Å². The van der Waals surface area contributed by atoms with Crippen molar-refractivity contribution < 1.29 is 18.3 Å². The number of benzene rings is 1. The van der Waals surface area contributed by atoms with Crippen LogP contribution in [-0.4, -0.2) is 35.4 Å². The number of rotatable bonds is 6. The van der Waals surface area contributed by atoms with Crippen LogP contribution < -0.4 is 15.4 Å². The van der Waals surface area contributed by atoms with Crippen molar-refractivity contribution in [2.24, 2.45) is 0 Å². The first kappa shape index (κ1) is 20.1. The largest absolute Gasteiger partial charge is 0.435 e. The van der Waals surface area contributed by atoms with Gasteiger partial charge in [-0.15, -0.1) is 12.4 Å². The van der Waals surface area contributed by atoms with Gasteiger partial charge >= 0.3 is 6.61 Å². The first-order valence-corrected chi connectivity index (χ1v) is 8.19. The normalized spacial score (nSPS) is 16.8. The van der Waals surface area contributed by atoms with Gasteiger partial charge in [0, 0.05) is 19.3 Å². The minimum atomic E-state index is -2.87. The SMILES string of the molecule is Cl.O=C(NCc1cccc(OC(F)F)c1)c1ccn(C2CCCNC2)n1. The summed E-state index contributed by atoms with van der Waals surface area (Å²) in [4.78, 5) is 12.2. The number of nitrogens with zero attached hydrogens (tertiary/aromatic N) is 2. The Morgan fingerprint density at radius 1 is 1.42 bits per heavy atom. The van der Waals surface area contributed by atoms with Crippen molar-refractivity contribution in [1.29, 1.82) is 0 Å². The maximum atomic E-state index is 12.2. The number of aromatic nitrogens is 2. The molecule has 9 heteroatoms. The highest BCUT2D eigenvalue weighted by atomic mass is 35.5. The van der Waals surface area contributed by atoms with Crippen LogP contribution in [0.2, 0.25) is 0 Å². The lowest BCUT2D eigenvalue weighted by Gasteiger charge is -2.22. The maximum Gasteiger partial charge on any atom is 0.387 e. The molecule has 2 heterocycles. The van der Waals surface area contributed by atoms with E-state index in [1.807, 2.05) is 10.9 Å². The fraction of sp³-hybridized carbons (Fsp3) is 0.412. The highest BCUT2D eigenvalue weighted by molar-refractivity contribution is 5.92. The number of alkyl halides is 2. The van der Waals surface area contributed by atoms with Gasteiger partial charge in [0.05, 0.1) is 6.04 Å². The Hall–Kier alpha value is -2.19. The molecule has 0 saturated carbocycles. The van der Waals surface area contributed by atoms with E-state index in [1.165, 1.54) is 12.1 Å². The quantitative estimate of drug-likeness (QED) is 0.801. The molecule has 0 aliphatic carbocycles. The minimum Gasteiger partial charge on any atom is -0.435 e. The molecular formula is C17H21ClF2N4O2. The van der Waals surface area contributed by atoms with Gasteiger partial charge < -0.3 is 15.4 Å². The number of hydrogen-bond acceptors (Lipinski definition) is 4. The number of halogens is 3. The zero-order valence-electron chi connectivity index (χ0n) is 14.0. The summed E-state index contributed by atoms with van der Waals surface area (Å²) in [5.74, 6) is -0.237. The third-order valence-corrected chi connectivity index (χ3v) is 4.06. The molecule has 1 aromatic carbocycles. The van der Waals surface area contributed by atoms with E-state index in [0.717, 1.165) is 25.9 Å². The fourth-order valence-electron chi connectivity index (χ4n) is 2.83. The maximum absolute atomic E-state index is 12.2. The molecule has 6 nitrogen and oxygen atoms in total. The molecule has 2 aromatic rings. The summed E-state index contributed by atoms with van der Waals surface area (Å²) in [6, 6.07) is 8.18. The molecule has 1 aliphatic rings. The molecule has 1 atom stereocenters. The lowest BCUT2D eigenvalue weighted by Crippen LogP contribution is -2.32. The number of hydrogen-bond donors (Lipinski definition) is 2. The summed E-state index contributed by atoms with van der Waals surface area (Å²) in [5.41, 5.74) is 1.01. The van der Waals surface area contributed by atoms with Crippen molar-refractivity contribution in [2.45, 2.75) is 32.0 Å². The molecule has 3 rings (SSSR count). The summed E-state index contributed by atoms with van der Waals surface area (Å²) >= 11 is 0. The second-order valence-electron chi connectivity index (χ2n) is 5.89. The van der Waals surface area contributed by atoms with Crippen LogP contribution in [0.15, 0.2) is 36.5 Å². The Bertz CT molecular complexity index is 720. The van der Waals surface area contributed by atoms with Gasteiger partial charge in [-0.3, -0.25) is 9.48 Å². The lowest BCUT2D eigenvalue weighted by atomic mass is 10.1. The summed E-state index contributed by atoms with van der Waals surface area (Å²) in [5, 5.41) is 10.4. The predicted molar refractivity (Wildman–Crippen MR) is 94.9 cm³/mol. The number of amides is 1. The molecule has 1 fully saturated rings. The monoisotopic (exact) mass is 386 g/mol. The summed E-state index contributed by atoms with van der Waals surface area (Å²) < 4.78 is 30.6. The van der Waals surface area contributed by atoms with Crippen LogP contribution in [0.5, 0.6) is 5.75 Å². The Labute approximate surface area is 156 Å². The van der Waals surface area contributed by atoms with E-state index in [0.29, 0.717) is 11.3 Å². The number of carbonyl (C=O) groups excluding carboxylic acids is 1. The molecule has 0 radical (unpaired) electrons. The Morgan fingerprint density at radius 3 is 3.00 bits per heavy atom. The zero-order valence-corrected chi connectivity index (χ0v) is 14.8. The molecule has 2 N–H and O–H groups in total. The highest BCUT2D eigenvalue weighted by Crippen LogP contribution is 2.17. The van der Waals surface area contributed by atoms with Gasteiger partial charge in [-0.1, -0.05) is 12.1 Å². The van der Waals surface area contributed by atoms with Crippen LogP contribution in [0.4, 0.5) is 8.78 Å². The Kier molecular flexibility index (Phi) is 7.35. The fourth-order valence-corrected chi connectivity index (χ4v) is 2.83. The molecule has 26 heavy (non-hydrogen) atoms. The third-order valence-electron chi connectivity index (χ3n) is 4.06. The summed E-state index contributed by atoms with van der Waals surface area (Å²) in [6.07, 6.45) is 3.93. The number of carbonyl (C=O) groups is 1. The van der Waals surface area contributed by atoms with Gasteiger partial charge in [-0.2, -0.15) is 13.9 Å². The average molecular weight is 387 g/mol. The van der Waals surface area contributed by atoms with Crippen molar-refractivity contribution in [3.8, 4) is 5.75 Å². The molecule has 1 amide bonds. The van der Waals surface area contributed by atoms with E-state index in [2.05, 4.69) is 20.5 Å². The number of ether oxygens (including phenoxy) is 1. The van der Waals surface area contributed by atoms with E-state index in [9.17, 15) is 13.6 Å². The molecule has 142 valence electrons. The van der Waals surface area contributed by atoms with E-state index < -0.39 is 6.61 Å². The van der Waals surface area contributed by atoms with Crippen LogP contribution in [0.3, 0.4) is 0 Å². The molecule has 1 aromatic heterocycles. The van der Waals surface area contributed by atoms with Gasteiger partial charge in [0.2, 0.25) is 0 Å². The Morgan fingerprint density at radius 2 is 2.27 bits per heavy atom. The second-order valence-corrected chi connectivity index (χ2v) is 5.89. The van der Waals surface area contributed by atoms with Crippen LogP contribution in [0, 0.1) is 0 Å². The first-order chi connectivity index (χ1) is 12.1. The standard InChI is InChI=1S/C17H20F2N4O2.ClH/c18-17(19)25-14-5-1-3-12(9-14)10-21-16(24)15-6-8-23(22-15)13-4-2-7-20-11-13;/h1,3,5-6,8-9,13,17,20H,2,4,7,10-11H2,(H,21,24);1H. The van der Waals surface area contributed by atoms with Crippen molar-refractivity contribution in [2.75, 3.05) is 13.1 Å².